The van der Waals surface area contributed by atoms with Crippen molar-refractivity contribution in [2.24, 2.45) is 0 Å². The highest BCUT2D eigenvalue weighted by molar-refractivity contribution is 7.12. The van der Waals surface area contributed by atoms with Gasteiger partial charge in [-0.05, 0) is 23.6 Å². The number of rotatable bonds is 4. The van der Waals surface area contributed by atoms with Crippen molar-refractivity contribution in [2.75, 3.05) is 39.4 Å². The summed E-state index contributed by atoms with van der Waals surface area (Å²) >= 11 is 1.40. The topological polar surface area (TPSA) is 85.4 Å². The molecule has 9 heteroatoms. The molecule has 152 valence electrons. The predicted octanol–water partition coefficient (Wildman–Crippen LogP) is 1.42. The van der Waals surface area contributed by atoms with E-state index in [1.165, 1.54) is 11.3 Å². The Morgan fingerprint density at radius 1 is 1.00 bits per heavy atom. The van der Waals surface area contributed by atoms with E-state index in [1.807, 2.05) is 17.5 Å². The summed E-state index contributed by atoms with van der Waals surface area (Å²) in [5.74, 6) is 0.0902. The third-order valence-corrected chi connectivity index (χ3v) is 5.62. The second-order valence-electron chi connectivity index (χ2n) is 6.62. The van der Waals surface area contributed by atoms with E-state index in [1.54, 1.807) is 34.1 Å². The molecule has 0 N–H and O–H groups in total. The van der Waals surface area contributed by atoms with Crippen molar-refractivity contribution in [2.45, 2.75) is 6.10 Å². The van der Waals surface area contributed by atoms with Crippen LogP contribution in [-0.4, -0.2) is 73.1 Å². The van der Waals surface area contributed by atoms with Gasteiger partial charge in [-0.3, -0.25) is 9.59 Å². The molecule has 2 amide bonds. The van der Waals surface area contributed by atoms with Crippen LogP contribution in [0.1, 0.15) is 9.67 Å². The third kappa shape index (κ3) is 4.34. The molecule has 1 fully saturated rings. The SMILES string of the molecule is O=C(OCC(=O)N1CCN(C(=O)c2cccs2)CC1)[C@@H]1COc2ccccc2O1. The molecule has 0 radical (unpaired) electrons. The number of ether oxygens (including phenoxy) is 3. The Bertz CT molecular complexity index is 892. The maximum atomic E-state index is 12.4. The Hall–Kier alpha value is -3.07. The molecule has 29 heavy (non-hydrogen) atoms. The summed E-state index contributed by atoms with van der Waals surface area (Å²) < 4.78 is 16.2. The Kier molecular flexibility index (Phi) is 5.66. The number of nitrogens with zero attached hydrogens (tertiary/aromatic N) is 2. The first-order chi connectivity index (χ1) is 14.1. The molecule has 4 rings (SSSR count). The Morgan fingerprint density at radius 3 is 2.45 bits per heavy atom. The van der Waals surface area contributed by atoms with Crippen LogP contribution in [0.25, 0.3) is 0 Å². The van der Waals surface area contributed by atoms with Crippen molar-refractivity contribution in [3.05, 3.63) is 46.7 Å². The standard InChI is InChI=1S/C20H20N2O6S/c23-18(21-7-9-22(10-8-21)19(24)17-6-3-11-29-17)13-27-20(25)16-12-26-14-4-1-2-5-15(14)28-16/h1-6,11,16H,7-10,12-13H2/t16-/m0/s1. The monoisotopic (exact) mass is 416 g/mol. The van der Waals surface area contributed by atoms with E-state index in [0.717, 1.165) is 0 Å². The molecule has 2 aliphatic rings. The number of esters is 1. The fraction of sp³-hybridized carbons (Fsp3) is 0.350. The van der Waals surface area contributed by atoms with Crippen molar-refractivity contribution in [1.82, 2.24) is 9.80 Å². The van der Waals surface area contributed by atoms with Crippen LogP contribution in [0.3, 0.4) is 0 Å². The van der Waals surface area contributed by atoms with Gasteiger partial charge in [0.1, 0.15) is 6.61 Å². The van der Waals surface area contributed by atoms with Gasteiger partial charge in [-0.15, -0.1) is 11.3 Å². The number of hydrogen-bond donors (Lipinski definition) is 0. The molecule has 1 saturated heterocycles. The largest absolute Gasteiger partial charge is 0.485 e. The second kappa shape index (κ2) is 8.52. The average molecular weight is 416 g/mol. The van der Waals surface area contributed by atoms with Crippen LogP contribution in [0.4, 0.5) is 0 Å². The van der Waals surface area contributed by atoms with Gasteiger partial charge in [-0.25, -0.2) is 4.79 Å². The summed E-state index contributed by atoms with van der Waals surface area (Å²) in [4.78, 5) is 40.9. The van der Waals surface area contributed by atoms with Crippen LogP contribution in [0.5, 0.6) is 11.5 Å². The van der Waals surface area contributed by atoms with Crippen molar-refractivity contribution >= 4 is 29.1 Å². The van der Waals surface area contributed by atoms with Crippen molar-refractivity contribution in [3.63, 3.8) is 0 Å². The Morgan fingerprint density at radius 2 is 1.72 bits per heavy atom. The van der Waals surface area contributed by atoms with Crippen LogP contribution in [0.2, 0.25) is 0 Å². The van der Waals surface area contributed by atoms with Gasteiger partial charge in [-0.2, -0.15) is 0 Å². The minimum atomic E-state index is -0.905. The number of thiophene rings is 1. The van der Waals surface area contributed by atoms with Crippen LogP contribution in [0, 0.1) is 0 Å². The predicted molar refractivity (Wildman–Crippen MR) is 104 cm³/mol. The molecule has 1 atom stereocenters. The zero-order valence-electron chi connectivity index (χ0n) is 15.6. The number of para-hydroxylation sites is 2. The maximum absolute atomic E-state index is 12.4. The molecule has 0 aliphatic carbocycles. The lowest BCUT2D eigenvalue weighted by atomic mass is 10.2. The molecule has 2 aliphatic heterocycles. The summed E-state index contributed by atoms with van der Waals surface area (Å²) in [6, 6.07) is 10.7. The van der Waals surface area contributed by atoms with Gasteiger partial charge in [0, 0.05) is 26.2 Å². The van der Waals surface area contributed by atoms with E-state index < -0.39 is 12.1 Å². The van der Waals surface area contributed by atoms with Gasteiger partial charge in [0.2, 0.25) is 6.10 Å². The molecular weight excluding hydrogens is 396 g/mol. The van der Waals surface area contributed by atoms with E-state index in [9.17, 15) is 14.4 Å². The summed E-state index contributed by atoms with van der Waals surface area (Å²) in [6.07, 6.45) is -0.905. The molecule has 1 aromatic carbocycles. The van der Waals surface area contributed by atoms with Gasteiger partial charge in [0.05, 0.1) is 4.88 Å². The first kappa shape index (κ1) is 19.3. The zero-order chi connectivity index (χ0) is 20.2. The fourth-order valence-electron chi connectivity index (χ4n) is 3.17. The van der Waals surface area contributed by atoms with E-state index in [4.69, 9.17) is 14.2 Å². The number of carbonyl (C=O) groups excluding carboxylic acids is 3. The lowest BCUT2D eigenvalue weighted by molar-refractivity contribution is -0.160. The first-order valence-electron chi connectivity index (χ1n) is 9.27. The van der Waals surface area contributed by atoms with E-state index in [2.05, 4.69) is 0 Å². The number of piperazine rings is 1. The Balaban J connectivity index is 1.22. The van der Waals surface area contributed by atoms with Gasteiger partial charge >= 0.3 is 5.97 Å². The molecule has 8 nitrogen and oxygen atoms in total. The number of benzene rings is 1. The molecular formula is C20H20N2O6S. The van der Waals surface area contributed by atoms with Crippen LogP contribution >= 0.6 is 11.3 Å². The third-order valence-electron chi connectivity index (χ3n) is 4.76. The van der Waals surface area contributed by atoms with Crippen molar-refractivity contribution in [3.8, 4) is 11.5 Å². The number of amides is 2. The highest BCUT2D eigenvalue weighted by Crippen LogP contribution is 2.31. The summed E-state index contributed by atoms with van der Waals surface area (Å²) in [7, 11) is 0. The summed E-state index contributed by atoms with van der Waals surface area (Å²) in [5, 5.41) is 1.86. The van der Waals surface area contributed by atoms with Crippen LogP contribution < -0.4 is 9.47 Å². The molecule has 0 unspecified atom stereocenters. The molecule has 2 aromatic rings. The zero-order valence-corrected chi connectivity index (χ0v) is 16.4. The van der Waals surface area contributed by atoms with E-state index >= 15 is 0 Å². The Labute approximate surface area is 171 Å². The van der Waals surface area contributed by atoms with Gasteiger partial charge in [0.15, 0.2) is 18.1 Å². The maximum Gasteiger partial charge on any atom is 0.351 e. The quantitative estimate of drug-likeness (QED) is 0.701. The average Bonchev–Trinajstić information content (AvgIpc) is 3.31. The second-order valence-corrected chi connectivity index (χ2v) is 7.57. The summed E-state index contributed by atoms with van der Waals surface area (Å²) in [6.45, 7) is 1.39. The normalized spacial score (nSPS) is 18.3. The number of fused-ring (bicyclic) bond motifs is 1. The lowest BCUT2D eigenvalue weighted by Gasteiger charge is -2.34. The number of carbonyl (C=O) groups is 3. The lowest BCUT2D eigenvalue weighted by Crippen LogP contribution is -2.51. The molecule has 1 aromatic heterocycles. The van der Waals surface area contributed by atoms with Crippen LogP contribution in [0.15, 0.2) is 41.8 Å². The van der Waals surface area contributed by atoms with Crippen LogP contribution in [-0.2, 0) is 14.3 Å². The van der Waals surface area contributed by atoms with Crippen molar-refractivity contribution < 1.29 is 28.6 Å². The van der Waals surface area contributed by atoms with Crippen molar-refractivity contribution in [1.29, 1.82) is 0 Å². The van der Waals surface area contributed by atoms with Gasteiger partial charge < -0.3 is 24.0 Å². The summed E-state index contributed by atoms with van der Waals surface area (Å²) in [5.41, 5.74) is 0. The number of hydrogen-bond acceptors (Lipinski definition) is 7. The minimum absolute atomic E-state index is 0.0201. The highest BCUT2D eigenvalue weighted by atomic mass is 32.1. The minimum Gasteiger partial charge on any atom is -0.485 e. The fourth-order valence-corrected chi connectivity index (χ4v) is 3.86. The van der Waals surface area contributed by atoms with E-state index in [-0.39, 0.29) is 25.0 Å². The highest BCUT2D eigenvalue weighted by Gasteiger charge is 2.30. The first-order valence-corrected chi connectivity index (χ1v) is 10.2. The van der Waals surface area contributed by atoms with Gasteiger partial charge in [0.25, 0.3) is 11.8 Å². The smallest absolute Gasteiger partial charge is 0.351 e. The van der Waals surface area contributed by atoms with Gasteiger partial charge in [-0.1, -0.05) is 18.2 Å². The molecule has 0 bridgehead atoms. The molecule has 0 spiro atoms. The molecule has 0 saturated carbocycles. The van der Waals surface area contributed by atoms with E-state index in [0.29, 0.717) is 42.6 Å². The molecule has 3 heterocycles.